The molecule has 0 bridgehead atoms. The van der Waals surface area contributed by atoms with E-state index in [9.17, 15) is 18.0 Å². The second kappa shape index (κ2) is 7.91. The zero-order chi connectivity index (χ0) is 21.3. The first-order valence-electron chi connectivity index (χ1n) is 8.96. The van der Waals surface area contributed by atoms with Gasteiger partial charge in [-0.05, 0) is 36.4 Å². The highest BCUT2D eigenvalue weighted by molar-refractivity contribution is 9.10. The van der Waals surface area contributed by atoms with Crippen LogP contribution in [0.25, 0.3) is 22.2 Å². The molecule has 1 heterocycles. The zero-order valence-corrected chi connectivity index (χ0v) is 17.0. The molecule has 4 rings (SSSR count). The third kappa shape index (κ3) is 4.07. The first-order valence-corrected chi connectivity index (χ1v) is 9.75. The summed E-state index contributed by atoms with van der Waals surface area (Å²) in [7, 11) is 0. The number of hydrogen-bond acceptors (Lipinski definition) is 2. The number of amides is 1. The summed E-state index contributed by atoms with van der Waals surface area (Å²) in [6.07, 6.45) is -4.58. The van der Waals surface area contributed by atoms with Crippen LogP contribution in [0.4, 0.5) is 18.9 Å². The van der Waals surface area contributed by atoms with Crippen LogP contribution in [0.5, 0.6) is 0 Å². The normalized spacial score (nSPS) is 11.5. The van der Waals surface area contributed by atoms with Crippen molar-refractivity contribution in [2.24, 2.45) is 0 Å². The molecule has 0 aliphatic rings. The number of para-hydroxylation sites is 2. The van der Waals surface area contributed by atoms with E-state index in [4.69, 9.17) is 0 Å². The van der Waals surface area contributed by atoms with Gasteiger partial charge >= 0.3 is 6.18 Å². The van der Waals surface area contributed by atoms with E-state index in [0.717, 1.165) is 16.1 Å². The number of rotatable bonds is 3. The molecule has 7 heteroatoms. The van der Waals surface area contributed by atoms with Gasteiger partial charge in [-0.1, -0.05) is 58.4 Å². The molecule has 4 aromatic rings. The van der Waals surface area contributed by atoms with Crippen LogP contribution in [-0.2, 0) is 6.18 Å². The number of nitrogens with one attached hydrogen (secondary N) is 1. The molecule has 0 radical (unpaired) electrons. The van der Waals surface area contributed by atoms with E-state index in [-0.39, 0.29) is 11.3 Å². The van der Waals surface area contributed by atoms with Crippen LogP contribution in [0.2, 0.25) is 0 Å². The van der Waals surface area contributed by atoms with Crippen LogP contribution in [0.15, 0.2) is 83.3 Å². The molecule has 0 spiro atoms. The third-order valence-corrected chi connectivity index (χ3v) is 5.11. The molecular formula is C23H14BrF3N2O. The van der Waals surface area contributed by atoms with Gasteiger partial charge in [0, 0.05) is 15.4 Å². The minimum absolute atomic E-state index is 0.246. The maximum absolute atomic E-state index is 13.3. The Labute approximate surface area is 178 Å². The molecule has 1 amide bonds. The Bertz CT molecular complexity index is 1240. The highest BCUT2D eigenvalue weighted by Gasteiger charge is 2.33. The lowest BCUT2D eigenvalue weighted by molar-refractivity contribution is -0.136. The molecule has 3 aromatic carbocycles. The molecule has 0 aliphatic heterocycles. The van der Waals surface area contributed by atoms with Gasteiger partial charge in [-0.2, -0.15) is 13.2 Å². The van der Waals surface area contributed by atoms with Crippen LogP contribution in [0, 0.1) is 0 Å². The largest absolute Gasteiger partial charge is 0.418 e. The van der Waals surface area contributed by atoms with Crippen molar-refractivity contribution in [2.45, 2.75) is 6.18 Å². The second-order valence-electron chi connectivity index (χ2n) is 6.58. The second-order valence-corrected chi connectivity index (χ2v) is 7.49. The molecule has 30 heavy (non-hydrogen) atoms. The fourth-order valence-electron chi connectivity index (χ4n) is 3.16. The van der Waals surface area contributed by atoms with Crippen molar-refractivity contribution in [1.29, 1.82) is 0 Å². The standard InChI is InChI=1S/C23H14BrF3N2O/c24-15-11-9-14(10-12-15)21-13-17(16-5-1-3-7-19(16)28-21)22(30)29-20-8-4-2-6-18(20)23(25,26)27/h1-13H,(H,29,30). The monoisotopic (exact) mass is 470 g/mol. The topological polar surface area (TPSA) is 42.0 Å². The molecule has 3 nitrogen and oxygen atoms in total. The van der Waals surface area contributed by atoms with E-state index in [1.165, 1.54) is 18.2 Å². The average Bonchev–Trinajstić information content (AvgIpc) is 2.73. The molecule has 0 atom stereocenters. The van der Waals surface area contributed by atoms with E-state index in [2.05, 4.69) is 26.2 Å². The van der Waals surface area contributed by atoms with Gasteiger partial charge in [0.2, 0.25) is 0 Å². The van der Waals surface area contributed by atoms with Crippen molar-refractivity contribution in [3.8, 4) is 11.3 Å². The number of halogens is 4. The third-order valence-electron chi connectivity index (χ3n) is 4.58. The number of anilines is 1. The number of nitrogens with zero attached hydrogens (tertiary/aromatic N) is 1. The van der Waals surface area contributed by atoms with Crippen LogP contribution in [0.1, 0.15) is 15.9 Å². The Balaban J connectivity index is 1.80. The quantitative estimate of drug-likeness (QED) is 0.352. The van der Waals surface area contributed by atoms with E-state index in [0.29, 0.717) is 16.6 Å². The highest BCUT2D eigenvalue weighted by atomic mass is 79.9. The Morgan fingerprint density at radius 2 is 1.57 bits per heavy atom. The summed E-state index contributed by atoms with van der Waals surface area (Å²) in [5, 5.41) is 2.97. The summed E-state index contributed by atoms with van der Waals surface area (Å²) < 4.78 is 40.8. The summed E-state index contributed by atoms with van der Waals surface area (Å²) in [6, 6.07) is 20.9. The minimum Gasteiger partial charge on any atom is -0.321 e. The maximum Gasteiger partial charge on any atom is 0.418 e. The summed E-state index contributed by atoms with van der Waals surface area (Å²) in [5.41, 5.74) is 0.970. The lowest BCUT2D eigenvalue weighted by Gasteiger charge is -2.15. The van der Waals surface area contributed by atoms with E-state index >= 15 is 0 Å². The number of hydrogen-bond donors (Lipinski definition) is 1. The molecule has 0 saturated heterocycles. The number of aromatic nitrogens is 1. The molecule has 0 fully saturated rings. The van der Waals surface area contributed by atoms with Gasteiger partial charge in [0.05, 0.1) is 28.0 Å². The Morgan fingerprint density at radius 3 is 2.30 bits per heavy atom. The Hall–Kier alpha value is -3.19. The SMILES string of the molecule is O=C(Nc1ccccc1C(F)(F)F)c1cc(-c2ccc(Br)cc2)nc2ccccc12. The number of benzene rings is 3. The maximum atomic E-state index is 13.3. The van der Waals surface area contributed by atoms with E-state index < -0.39 is 17.6 Å². The summed E-state index contributed by atoms with van der Waals surface area (Å²) in [4.78, 5) is 17.6. The van der Waals surface area contributed by atoms with Gasteiger partial charge in [-0.15, -0.1) is 0 Å². The molecule has 1 N–H and O–H groups in total. The predicted molar refractivity (Wildman–Crippen MR) is 114 cm³/mol. The van der Waals surface area contributed by atoms with Crippen molar-refractivity contribution in [3.05, 3.63) is 94.5 Å². The number of pyridine rings is 1. The summed E-state index contributed by atoms with van der Waals surface area (Å²) >= 11 is 3.38. The van der Waals surface area contributed by atoms with Gasteiger partial charge < -0.3 is 5.32 Å². The molecule has 1 aromatic heterocycles. The number of fused-ring (bicyclic) bond motifs is 1. The number of carbonyl (C=O) groups is 1. The van der Waals surface area contributed by atoms with Crippen molar-refractivity contribution in [3.63, 3.8) is 0 Å². The predicted octanol–water partition coefficient (Wildman–Crippen LogP) is 6.94. The van der Waals surface area contributed by atoms with Crippen molar-refractivity contribution in [2.75, 3.05) is 5.32 Å². The van der Waals surface area contributed by atoms with Gasteiger partial charge in [0.15, 0.2) is 0 Å². The van der Waals surface area contributed by atoms with Crippen LogP contribution < -0.4 is 5.32 Å². The van der Waals surface area contributed by atoms with Crippen molar-refractivity contribution < 1.29 is 18.0 Å². The fraction of sp³-hybridized carbons (Fsp3) is 0.0435. The molecule has 0 aliphatic carbocycles. The van der Waals surface area contributed by atoms with Gasteiger partial charge in [0.25, 0.3) is 5.91 Å². The first-order chi connectivity index (χ1) is 14.3. The van der Waals surface area contributed by atoms with Gasteiger partial charge in [-0.3, -0.25) is 4.79 Å². The fourth-order valence-corrected chi connectivity index (χ4v) is 3.43. The smallest absolute Gasteiger partial charge is 0.321 e. The summed E-state index contributed by atoms with van der Waals surface area (Å²) in [6.45, 7) is 0. The van der Waals surface area contributed by atoms with Crippen molar-refractivity contribution >= 4 is 38.4 Å². The van der Waals surface area contributed by atoms with E-state index in [1.807, 2.05) is 24.3 Å². The summed E-state index contributed by atoms with van der Waals surface area (Å²) in [5.74, 6) is -0.635. The van der Waals surface area contributed by atoms with E-state index in [1.54, 1.807) is 30.3 Å². The van der Waals surface area contributed by atoms with Crippen molar-refractivity contribution in [1.82, 2.24) is 4.98 Å². The zero-order valence-electron chi connectivity index (χ0n) is 15.4. The number of carbonyl (C=O) groups excluding carboxylic acids is 1. The number of alkyl halides is 3. The minimum atomic E-state index is -4.58. The lowest BCUT2D eigenvalue weighted by Crippen LogP contribution is -2.17. The highest BCUT2D eigenvalue weighted by Crippen LogP contribution is 2.35. The lowest BCUT2D eigenvalue weighted by atomic mass is 10.0. The molecule has 150 valence electrons. The molecule has 0 unspecified atom stereocenters. The Morgan fingerprint density at radius 1 is 0.900 bits per heavy atom. The van der Waals surface area contributed by atoms with Crippen LogP contribution in [0.3, 0.4) is 0 Å². The van der Waals surface area contributed by atoms with Crippen LogP contribution >= 0.6 is 15.9 Å². The first kappa shape index (κ1) is 20.1. The van der Waals surface area contributed by atoms with Gasteiger partial charge in [0.1, 0.15) is 0 Å². The average molecular weight is 471 g/mol. The Kier molecular flexibility index (Phi) is 5.30. The van der Waals surface area contributed by atoms with Crippen LogP contribution in [-0.4, -0.2) is 10.9 Å². The molecule has 0 saturated carbocycles. The molecular weight excluding hydrogens is 457 g/mol. The van der Waals surface area contributed by atoms with Gasteiger partial charge in [-0.25, -0.2) is 4.98 Å².